The van der Waals surface area contributed by atoms with Crippen molar-refractivity contribution in [1.29, 1.82) is 0 Å². The van der Waals surface area contributed by atoms with Gasteiger partial charge in [0.15, 0.2) is 11.6 Å². The molecular formula is C13H15FO3. The summed E-state index contributed by atoms with van der Waals surface area (Å²) < 4.78 is 19.0. The highest BCUT2D eigenvalue weighted by atomic mass is 19.1. The van der Waals surface area contributed by atoms with Crippen LogP contribution in [0.1, 0.15) is 30.7 Å². The zero-order valence-corrected chi connectivity index (χ0v) is 9.65. The summed E-state index contributed by atoms with van der Waals surface area (Å²) >= 11 is 0. The lowest BCUT2D eigenvalue weighted by molar-refractivity contribution is -0.137. The molecule has 1 aliphatic rings. The maximum atomic E-state index is 14.0. The van der Waals surface area contributed by atoms with Crippen molar-refractivity contribution in [3.05, 3.63) is 29.6 Å². The SMILES string of the molecule is COc1cccc([C@H](CC(=O)O)C2CC2)c1F. The first kappa shape index (κ1) is 11.9. The Labute approximate surface area is 99.2 Å². The number of rotatable bonds is 5. The summed E-state index contributed by atoms with van der Waals surface area (Å²) in [6, 6.07) is 4.90. The van der Waals surface area contributed by atoms with Crippen molar-refractivity contribution in [3.63, 3.8) is 0 Å². The molecule has 0 unspecified atom stereocenters. The number of hydrogen-bond donors (Lipinski definition) is 1. The molecule has 1 aliphatic carbocycles. The predicted octanol–water partition coefficient (Wildman–Crippen LogP) is 2.80. The van der Waals surface area contributed by atoms with Gasteiger partial charge in [0.25, 0.3) is 0 Å². The van der Waals surface area contributed by atoms with Crippen LogP contribution in [0.4, 0.5) is 4.39 Å². The summed E-state index contributed by atoms with van der Waals surface area (Å²) in [5.74, 6) is -1.06. The van der Waals surface area contributed by atoms with Gasteiger partial charge in [-0.15, -0.1) is 0 Å². The molecule has 1 aromatic carbocycles. The molecule has 1 atom stereocenters. The predicted molar refractivity (Wildman–Crippen MR) is 60.7 cm³/mol. The molecule has 3 nitrogen and oxygen atoms in total. The summed E-state index contributed by atoms with van der Waals surface area (Å²) in [6.45, 7) is 0. The molecule has 0 saturated heterocycles. The number of aliphatic carboxylic acids is 1. The third-order valence-corrected chi connectivity index (χ3v) is 3.20. The first-order valence-corrected chi connectivity index (χ1v) is 5.67. The number of carboxylic acids is 1. The quantitative estimate of drug-likeness (QED) is 0.858. The van der Waals surface area contributed by atoms with E-state index in [1.54, 1.807) is 18.2 Å². The van der Waals surface area contributed by atoms with Gasteiger partial charge in [-0.3, -0.25) is 4.79 Å². The Morgan fingerprint density at radius 3 is 2.82 bits per heavy atom. The summed E-state index contributed by atoms with van der Waals surface area (Å²) in [6.07, 6.45) is 1.94. The highest BCUT2D eigenvalue weighted by Gasteiger charge is 2.35. The van der Waals surface area contributed by atoms with Crippen LogP contribution in [0.25, 0.3) is 0 Å². The normalized spacial score (nSPS) is 16.6. The standard InChI is InChI=1S/C13H15FO3/c1-17-11-4-2-3-9(13(11)14)10(7-12(15)16)8-5-6-8/h2-4,8,10H,5-7H2,1H3,(H,15,16)/t10-/m1/s1. The fraction of sp³-hybridized carbons (Fsp3) is 0.462. The third-order valence-electron chi connectivity index (χ3n) is 3.20. The first-order valence-electron chi connectivity index (χ1n) is 5.67. The average molecular weight is 238 g/mol. The first-order chi connectivity index (χ1) is 8.13. The van der Waals surface area contributed by atoms with Gasteiger partial charge in [0.05, 0.1) is 13.5 Å². The molecule has 4 heteroatoms. The van der Waals surface area contributed by atoms with Gasteiger partial charge in [0.2, 0.25) is 0 Å². The van der Waals surface area contributed by atoms with Crippen molar-refractivity contribution in [2.45, 2.75) is 25.2 Å². The lowest BCUT2D eigenvalue weighted by Gasteiger charge is -2.16. The van der Waals surface area contributed by atoms with E-state index in [1.807, 2.05) is 0 Å². The molecule has 1 N–H and O–H groups in total. The van der Waals surface area contributed by atoms with Crippen LogP contribution in [-0.4, -0.2) is 18.2 Å². The number of methoxy groups -OCH3 is 1. The van der Waals surface area contributed by atoms with Crippen molar-refractivity contribution in [3.8, 4) is 5.75 Å². The summed E-state index contributed by atoms with van der Waals surface area (Å²) in [4.78, 5) is 10.8. The third kappa shape index (κ3) is 2.57. The van der Waals surface area contributed by atoms with E-state index >= 15 is 0 Å². The Morgan fingerprint density at radius 1 is 1.59 bits per heavy atom. The van der Waals surface area contributed by atoms with Crippen LogP contribution < -0.4 is 4.74 Å². The summed E-state index contributed by atoms with van der Waals surface area (Å²) in [5, 5.41) is 8.89. The molecule has 0 amide bonds. The van der Waals surface area contributed by atoms with Crippen molar-refractivity contribution in [2.75, 3.05) is 7.11 Å². The molecule has 1 saturated carbocycles. The van der Waals surface area contributed by atoms with Gasteiger partial charge in [-0.25, -0.2) is 4.39 Å². The number of halogens is 1. The molecule has 0 spiro atoms. The Balaban J connectivity index is 2.31. The lowest BCUT2D eigenvalue weighted by atomic mass is 9.90. The molecule has 0 heterocycles. The van der Waals surface area contributed by atoms with Crippen LogP contribution in [0.3, 0.4) is 0 Å². The molecule has 2 rings (SSSR count). The van der Waals surface area contributed by atoms with Gasteiger partial charge < -0.3 is 9.84 Å². The van der Waals surface area contributed by atoms with Gasteiger partial charge in [-0.1, -0.05) is 12.1 Å². The van der Waals surface area contributed by atoms with Gasteiger partial charge in [0.1, 0.15) is 0 Å². The Bertz CT molecular complexity index is 427. The highest BCUT2D eigenvalue weighted by molar-refractivity contribution is 5.68. The van der Waals surface area contributed by atoms with Crippen LogP contribution in [0.5, 0.6) is 5.75 Å². The number of carbonyl (C=O) groups is 1. The van der Waals surface area contributed by atoms with E-state index in [-0.39, 0.29) is 18.1 Å². The number of benzene rings is 1. The molecule has 0 radical (unpaired) electrons. The number of ether oxygens (including phenoxy) is 1. The highest BCUT2D eigenvalue weighted by Crippen LogP contribution is 2.46. The summed E-state index contributed by atoms with van der Waals surface area (Å²) in [7, 11) is 1.41. The van der Waals surface area contributed by atoms with E-state index in [4.69, 9.17) is 9.84 Å². The van der Waals surface area contributed by atoms with Crippen molar-refractivity contribution >= 4 is 5.97 Å². The topological polar surface area (TPSA) is 46.5 Å². The molecule has 17 heavy (non-hydrogen) atoms. The van der Waals surface area contributed by atoms with Gasteiger partial charge in [-0.2, -0.15) is 0 Å². The minimum atomic E-state index is -0.885. The molecule has 0 bridgehead atoms. The second kappa shape index (κ2) is 4.73. The van der Waals surface area contributed by atoms with E-state index in [1.165, 1.54) is 7.11 Å². The van der Waals surface area contributed by atoms with Crippen LogP contribution >= 0.6 is 0 Å². The van der Waals surface area contributed by atoms with Crippen molar-refractivity contribution in [2.24, 2.45) is 5.92 Å². The van der Waals surface area contributed by atoms with E-state index in [9.17, 15) is 9.18 Å². The molecule has 0 aromatic heterocycles. The monoisotopic (exact) mass is 238 g/mol. The minimum Gasteiger partial charge on any atom is -0.494 e. The van der Waals surface area contributed by atoms with E-state index in [2.05, 4.69) is 0 Å². The lowest BCUT2D eigenvalue weighted by Crippen LogP contribution is -2.10. The fourth-order valence-corrected chi connectivity index (χ4v) is 2.19. The van der Waals surface area contributed by atoms with Crippen molar-refractivity contribution in [1.82, 2.24) is 0 Å². The molecule has 1 fully saturated rings. The minimum absolute atomic E-state index is 0.0191. The van der Waals surface area contributed by atoms with E-state index in [0.717, 1.165) is 12.8 Å². The Hall–Kier alpha value is -1.58. The number of carboxylic acid groups (broad SMARTS) is 1. The van der Waals surface area contributed by atoms with Gasteiger partial charge in [0, 0.05) is 5.92 Å². The van der Waals surface area contributed by atoms with E-state index < -0.39 is 11.8 Å². The second-order valence-corrected chi connectivity index (χ2v) is 4.41. The van der Waals surface area contributed by atoms with Crippen LogP contribution in [-0.2, 0) is 4.79 Å². The van der Waals surface area contributed by atoms with Crippen LogP contribution in [0.15, 0.2) is 18.2 Å². The van der Waals surface area contributed by atoms with Gasteiger partial charge >= 0.3 is 5.97 Å². The van der Waals surface area contributed by atoms with E-state index in [0.29, 0.717) is 11.5 Å². The Morgan fingerprint density at radius 2 is 2.29 bits per heavy atom. The molecule has 92 valence electrons. The zero-order chi connectivity index (χ0) is 12.4. The Kier molecular flexibility index (Phi) is 3.31. The largest absolute Gasteiger partial charge is 0.494 e. The maximum Gasteiger partial charge on any atom is 0.303 e. The second-order valence-electron chi connectivity index (χ2n) is 4.41. The smallest absolute Gasteiger partial charge is 0.303 e. The van der Waals surface area contributed by atoms with Gasteiger partial charge in [-0.05, 0) is 30.4 Å². The van der Waals surface area contributed by atoms with Crippen LogP contribution in [0.2, 0.25) is 0 Å². The van der Waals surface area contributed by atoms with Crippen molar-refractivity contribution < 1.29 is 19.0 Å². The van der Waals surface area contributed by atoms with Crippen LogP contribution in [0, 0.1) is 11.7 Å². The molecule has 0 aliphatic heterocycles. The fourth-order valence-electron chi connectivity index (χ4n) is 2.19. The molecular weight excluding hydrogens is 223 g/mol. The number of hydrogen-bond acceptors (Lipinski definition) is 2. The zero-order valence-electron chi connectivity index (χ0n) is 9.65. The average Bonchev–Trinajstić information content (AvgIpc) is 3.10. The molecule has 1 aromatic rings. The summed E-state index contributed by atoms with van der Waals surface area (Å²) in [5.41, 5.74) is 0.467. The maximum absolute atomic E-state index is 14.0.